The van der Waals surface area contributed by atoms with E-state index in [2.05, 4.69) is 25.6 Å². The maximum Gasteiger partial charge on any atom is 0.308 e. The zero-order valence-electron chi connectivity index (χ0n) is 23.2. The topological polar surface area (TPSA) is 205 Å². The maximum absolute atomic E-state index is 13.5. The fraction of sp³-hybridized carbons (Fsp3) is 0.250. The van der Waals surface area contributed by atoms with E-state index in [1.165, 1.54) is 38.6 Å². The van der Waals surface area contributed by atoms with E-state index in [4.69, 9.17) is 20.3 Å². The van der Waals surface area contributed by atoms with E-state index in [9.17, 15) is 19.7 Å². The molecule has 2 aromatic carbocycles. The van der Waals surface area contributed by atoms with E-state index in [0.717, 1.165) is 25.9 Å². The number of H-pyrrole nitrogens is 1. The van der Waals surface area contributed by atoms with Crippen LogP contribution in [0.4, 0.5) is 17.2 Å². The molecule has 15 heteroatoms. The van der Waals surface area contributed by atoms with Crippen molar-refractivity contribution in [3.8, 4) is 22.8 Å². The minimum Gasteiger partial charge on any atom is -0.495 e. The average molecular weight is 586 g/mol. The summed E-state index contributed by atoms with van der Waals surface area (Å²) >= 11 is 0. The summed E-state index contributed by atoms with van der Waals surface area (Å²) in [4.78, 5) is 47.7. The molecule has 15 nitrogen and oxygen atoms in total. The molecule has 4 heterocycles. The Kier molecular flexibility index (Phi) is 7.07. The summed E-state index contributed by atoms with van der Waals surface area (Å²) in [7, 11) is 1.45. The van der Waals surface area contributed by atoms with Gasteiger partial charge in [0.1, 0.15) is 34.8 Å². The summed E-state index contributed by atoms with van der Waals surface area (Å²) in [6.07, 6.45) is 3.20. The number of carbonyl (C=O) groups is 2. The number of aromatic nitrogens is 5. The molecule has 1 aliphatic rings. The van der Waals surface area contributed by atoms with E-state index in [1.807, 2.05) is 4.68 Å². The van der Waals surface area contributed by atoms with Crippen LogP contribution < -0.4 is 25.8 Å². The van der Waals surface area contributed by atoms with Gasteiger partial charge in [-0.2, -0.15) is 5.10 Å². The number of benzene rings is 2. The summed E-state index contributed by atoms with van der Waals surface area (Å²) < 4.78 is 12.8. The van der Waals surface area contributed by atoms with Crippen LogP contribution in [0.3, 0.4) is 0 Å². The van der Waals surface area contributed by atoms with E-state index < -0.39 is 16.8 Å². The molecule has 0 bridgehead atoms. The predicted molar refractivity (Wildman–Crippen MR) is 157 cm³/mol. The molecule has 0 spiro atoms. The molecule has 220 valence electrons. The average Bonchev–Trinajstić information content (AvgIpc) is 3.57. The predicted octanol–water partition coefficient (Wildman–Crippen LogP) is 3.58. The van der Waals surface area contributed by atoms with Crippen LogP contribution in [-0.4, -0.2) is 61.7 Å². The number of non-ortho nitro benzene ring substituents is 1. The first-order chi connectivity index (χ1) is 20.8. The summed E-state index contributed by atoms with van der Waals surface area (Å²) in [6.45, 7) is 2.91. The number of ether oxygens (including phenoxy) is 2. The lowest BCUT2D eigenvalue weighted by atomic mass is 10.1. The number of piperidine rings is 1. The summed E-state index contributed by atoms with van der Waals surface area (Å²) in [5, 5.41) is 23.4. The third-order valence-corrected chi connectivity index (χ3v) is 7.33. The largest absolute Gasteiger partial charge is 0.495 e. The van der Waals surface area contributed by atoms with Crippen LogP contribution in [0.15, 0.2) is 42.7 Å². The number of hydrogen-bond acceptors (Lipinski definition) is 11. The summed E-state index contributed by atoms with van der Waals surface area (Å²) in [5.74, 6) is -0.914. The van der Waals surface area contributed by atoms with Crippen molar-refractivity contribution in [3.63, 3.8) is 0 Å². The standard InChI is InChI=1S/C28H27N9O6/c1-14(38)43-25-17-4-3-5-19(37(40)41)23(17)34-24(25)28(39)33-18-7-6-15(12-20(18)42-2)22-21-26(29)31-13-32-27(21)36(35-22)16-8-10-30-11-9-16/h3-7,12-13,16,30,34H,8-11H2,1-2H3,(H,33,39)(H2,29,31,32). The van der Waals surface area contributed by atoms with Crippen molar-refractivity contribution >= 4 is 51.0 Å². The molecule has 0 saturated carbocycles. The third kappa shape index (κ3) is 4.95. The normalized spacial score (nSPS) is 13.7. The number of methoxy groups -OCH3 is 1. The molecular formula is C28H27N9O6. The number of aromatic amines is 1. The molecule has 0 atom stereocenters. The number of fused-ring (bicyclic) bond motifs is 2. The van der Waals surface area contributed by atoms with Crippen LogP contribution in [0, 0.1) is 10.1 Å². The molecule has 0 radical (unpaired) electrons. The monoisotopic (exact) mass is 585 g/mol. The Balaban J connectivity index is 1.38. The smallest absolute Gasteiger partial charge is 0.308 e. The lowest BCUT2D eigenvalue weighted by Crippen LogP contribution is -2.30. The zero-order valence-corrected chi connectivity index (χ0v) is 23.2. The number of rotatable bonds is 7. The number of para-hydroxylation sites is 1. The molecule has 5 N–H and O–H groups in total. The van der Waals surface area contributed by atoms with Gasteiger partial charge in [0.15, 0.2) is 11.4 Å². The molecule has 6 rings (SSSR count). The highest BCUT2D eigenvalue weighted by molar-refractivity contribution is 6.12. The Labute approximate surface area is 243 Å². The van der Waals surface area contributed by atoms with Crippen molar-refractivity contribution < 1.29 is 24.0 Å². The van der Waals surface area contributed by atoms with Gasteiger partial charge in [-0.05, 0) is 44.1 Å². The molecule has 1 saturated heterocycles. The van der Waals surface area contributed by atoms with Gasteiger partial charge in [0.25, 0.3) is 11.6 Å². The van der Waals surface area contributed by atoms with E-state index in [0.29, 0.717) is 39.5 Å². The van der Waals surface area contributed by atoms with Crippen LogP contribution in [0.1, 0.15) is 36.3 Å². The Hall–Kier alpha value is -5.57. The molecule has 43 heavy (non-hydrogen) atoms. The Bertz CT molecular complexity index is 1910. The molecule has 0 unspecified atom stereocenters. The van der Waals surface area contributed by atoms with Crippen molar-refractivity contribution in [1.29, 1.82) is 0 Å². The minimum absolute atomic E-state index is 0.0484. The second kappa shape index (κ2) is 11.0. The van der Waals surface area contributed by atoms with Crippen LogP contribution >= 0.6 is 0 Å². The number of esters is 1. The van der Waals surface area contributed by atoms with Crippen LogP contribution in [0.25, 0.3) is 33.2 Å². The number of nitro groups is 1. The van der Waals surface area contributed by atoms with Gasteiger partial charge in [-0.15, -0.1) is 0 Å². The van der Waals surface area contributed by atoms with Gasteiger partial charge in [-0.1, -0.05) is 12.1 Å². The third-order valence-electron chi connectivity index (χ3n) is 7.33. The molecule has 1 amide bonds. The number of nitro benzene ring substituents is 1. The molecule has 1 aliphatic heterocycles. The second-order valence-corrected chi connectivity index (χ2v) is 9.98. The number of amides is 1. The van der Waals surface area contributed by atoms with Gasteiger partial charge in [0, 0.05) is 18.6 Å². The molecule has 5 aromatic rings. The highest BCUT2D eigenvalue weighted by Crippen LogP contribution is 2.39. The number of nitrogens with zero attached hydrogens (tertiary/aromatic N) is 5. The summed E-state index contributed by atoms with van der Waals surface area (Å²) in [6, 6.07) is 9.49. The highest BCUT2D eigenvalue weighted by Gasteiger charge is 2.27. The lowest BCUT2D eigenvalue weighted by Gasteiger charge is -2.23. The second-order valence-electron chi connectivity index (χ2n) is 9.98. The number of hydrogen-bond donors (Lipinski definition) is 4. The van der Waals surface area contributed by atoms with Crippen molar-refractivity contribution in [2.24, 2.45) is 0 Å². The van der Waals surface area contributed by atoms with E-state index in [-0.39, 0.29) is 34.1 Å². The van der Waals surface area contributed by atoms with Crippen molar-refractivity contribution in [3.05, 3.63) is 58.5 Å². The van der Waals surface area contributed by atoms with Crippen LogP contribution in [0.5, 0.6) is 11.5 Å². The Morgan fingerprint density at radius 2 is 1.98 bits per heavy atom. The molecule has 1 fully saturated rings. The Morgan fingerprint density at radius 3 is 2.70 bits per heavy atom. The Morgan fingerprint density at radius 1 is 1.19 bits per heavy atom. The molecule has 3 aromatic heterocycles. The van der Waals surface area contributed by atoms with E-state index in [1.54, 1.807) is 18.2 Å². The number of carbonyl (C=O) groups excluding carboxylic acids is 2. The van der Waals surface area contributed by atoms with Gasteiger partial charge >= 0.3 is 5.97 Å². The zero-order chi connectivity index (χ0) is 30.2. The quantitative estimate of drug-likeness (QED) is 0.123. The number of anilines is 2. The molecular weight excluding hydrogens is 558 g/mol. The van der Waals surface area contributed by atoms with Crippen molar-refractivity contribution in [1.82, 2.24) is 30.0 Å². The minimum atomic E-state index is -0.703. The van der Waals surface area contributed by atoms with Crippen molar-refractivity contribution in [2.75, 3.05) is 31.2 Å². The number of nitrogens with two attached hydrogens (primary N) is 1. The van der Waals surface area contributed by atoms with Gasteiger partial charge < -0.3 is 30.8 Å². The fourth-order valence-electron chi connectivity index (χ4n) is 5.37. The molecule has 0 aliphatic carbocycles. The van der Waals surface area contributed by atoms with Gasteiger partial charge in [0.05, 0.1) is 34.5 Å². The van der Waals surface area contributed by atoms with Gasteiger partial charge in [-0.3, -0.25) is 19.7 Å². The SMILES string of the molecule is COc1cc(-c2nn(C3CCNCC3)c3ncnc(N)c23)ccc1NC(=O)c1[nH]c2c([N+](=O)[O-])cccc2c1OC(C)=O. The fourth-order valence-corrected chi connectivity index (χ4v) is 5.37. The van der Waals surface area contributed by atoms with Crippen LogP contribution in [0.2, 0.25) is 0 Å². The van der Waals surface area contributed by atoms with Gasteiger partial charge in [0.2, 0.25) is 0 Å². The van der Waals surface area contributed by atoms with Crippen molar-refractivity contribution in [2.45, 2.75) is 25.8 Å². The first-order valence-electron chi connectivity index (χ1n) is 13.4. The van der Waals surface area contributed by atoms with Crippen LogP contribution in [-0.2, 0) is 4.79 Å². The maximum atomic E-state index is 13.5. The highest BCUT2D eigenvalue weighted by atomic mass is 16.6. The van der Waals surface area contributed by atoms with Gasteiger partial charge in [-0.25, -0.2) is 14.6 Å². The first kappa shape index (κ1) is 27.6. The number of nitrogen functional groups attached to an aromatic ring is 1. The van der Waals surface area contributed by atoms with E-state index >= 15 is 0 Å². The lowest BCUT2D eigenvalue weighted by molar-refractivity contribution is -0.383. The summed E-state index contributed by atoms with van der Waals surface area (Å²) in [5.41, 5.74) is 8.07. The number of nitrogens with one attached hydrogen (secondary N) is 3. The first-order valence-corrected chi connectivity index (χ1v) is 13.4.